The number of imide groups is 1. The second-order valence-corrected chi connectivity index (χ2v) is 9.93. The van der Waals surface area contributed by atoms with E-state index in [0.29, 0.717) is 0 Å². The van der Waals surface area contributed by atoms with Crippen LogP contribution in [0.3, 0.4) is 0 Å². The summed E-state index contributed by atoms with van der Waals surface area (Å²) >= 11 is 0. The summed E-state index contributed by atoms with van der Waals surface area (Å²) in [5.74, 6) is -1.69. The van der Waals surface area contributed by atoms with Crippen LogP contribution >= 0.6 is 0 Å². The summed E-state index contributed by atoms with van der Waals surface area (Å²) in [4.78, 5) is 38.7. The quantitative estimate of drug-likeness (QED) is 0.519. The maximum Gasteiger partial charge on any atom is 0.337 e. The molecular weight excluding hydrogens is 420 g/mol. The lowest BCUT2D eigenvalue weighted by Gasteiger charge is -2.37. The second kappa shape index (κ2) is 8.24. The predicted molar refractivity (Wildman–Crippen MR) is 114 cm³/mol. The van der Waals surface area contributed by atoms with E-state index in [-0.39, 0.29) is 22.6 Å². The van der Waals surface area contributed by atoms with Gasteiger partial charge in [-0.05, 0) is 57.2 Å². The molecule has 0 N–H and O–H groups in total. The van der Waals surface area contributed by atoms with Crippen LogP contribution in [0.25, 0.3) is 0 Å². The van der Waals surface area contributed by atoms with E-state index < -0.39 is 39.4 Å². The van der Waals surface area contributed by atoms with Gasteiger partial charge in [0, 0.05) is 5.54 Å². The molecule has 2 aromatic rings. The van der Waals surface area contributed by atoms with Gasteiger partial charge < -0.3 is 4.74 Å². The smallest absolute Gasteiger partial charge is 0.337 e. The molecule has 164 valence electrons. The van der Waals surface area contributed by atoms with Crippen molar-refractivity contribution in [3.05, 3.63) is 60.2 Å². The molecule has 1 aliphatic heterocycles. The fourth-order valence-corrected chi connectivity index (χ4v) is 5.59. The number of methoxy groups -OCH3 is 1. The van der Waals surface area contributed by atoms with Crippen molar-refractivity contribution in [1.29, 1.82) is 0 Å². The summed E-state index contributed by atoms with van der Waals surface area (Å²) in [5.41, 5.74) is -0.430. The number of benzene rings is 2. The average Bonchev–Trinajstić information content (AvgIpc) is 3.00. The minimum absolute atomic E-state index is 0.0473. The monoisotopic (exact) mass is 444 g/mol. The minimum Gasteiger partial charge on any atom is -0.465 e. The summed E-state index contributed by atoms with van der Waals surface area (Å²) in [6.45, 7) is 5.04. The largest absolute Gasteiger partial charge is 0.465 e. The Morgan fingerprint density at radius 3 is 2.13 bits per heavy atom. The van der Waals surface area contributed by atoms with E-state index in [1.54, 1.807) is 39.0 Å². The zero-order chi connectivity index (χ0) is 23.0. The number of nitrogens with zero attached hydrogens (tertiary/aromatic N) is 2. The van der Waals surface area contributed by atoms with Crippen LogP contribution in [0, 0.1) is 0 Å². The van der Waals surface area contributed by atoms with Gasteiger partial charge in [-0.2, -0.15) is 4.31 Å². The van der Waals surface area contributed by atoms with Gasteiger partial charge in [0.15, 0.2) is 0 Å². The van der Waals surface area contributed by atoms with Crippen molar-refractivity contribution in [2.75, 3.05) is 12.0 Å². The molecule has 0 saturated carbocycles. The highest BCUT2D eigenvalue weighted by molar-refractivity contribution is 7.89. The van der Waals surface area contributed by atoms with Crippen molar-refractivity contribution < 1.29 is 27.5 Å². The lowest BCUT2D eigenvalue weighted by molar-refractivity contribution is -0.122. The van der Waals surface area contributed by atoms with E-state index in [2.05, 4.69) is 4.74 Å². The SMILES string of the molecule is COC(=O)c1ccc(N2C(=O)CC(N(C(C)(C)C)S(=O)(=O)c3ccccc3)C2=O)cc1. The van der Waals surface area contributed by atoms with Crippen LogP contribution in [0.15, 0.2) is 59.5 Å². The molecule has 1 heterocycles. The fourth-order valence-electron chi connectivity index (χ4n) is 3.64. The molecule has 3 rings (SSSR count). The van der Waals surface area contributed by atoms with Gasteiger partial charge in [-0.3, -0.25) is 9.59 Å². The molecule has 1 saturated heterocycles. The number of hydrogen-bond acceptors (Lipinski definition) is 6. The van der Waals surface area contributed by atoms with E-state index in [9.17, 15) is 22.8 Å². The molecule has 2 amide bonds. The number of amides is 2. The Morgan fingerprint density at radius 1 is 1.03 bits per heavy atom. The third kappa shape index (κ3) is 4.24. The first-order valence-corrected chi connectivity index (χ1v) is 11.1. The second-order valence-electron chi connectivity index (χ2n) is 8.11. The van der Waals surface area contributed by atoms with Crippen molar-refractivity contribution in [2.24, 2.45) is 0 Å². The zero-order valence-corrected chi connectivity index (χ0v) is 18.5. The van der Waals surface area contributed by atoms with Crippen LogP contribution in [-0.4, -0.2) is 49.2 Å². The third-order valence-electron chi connectivity index (χ3n) is 4.91. The number of esters is 1. The molecule has 0 bridgehead atoms. The molecule has 0 radical (unpaired) electrons. The van der Waals surface area contributed by atoms with E-state index in [1.807, 2.05) is 0 Å². The molecule has 0 spiro atoms. The highest BCUT2D eigenvalue weighted by Crippen LogP contribution is 2.34. The number of rotatable bonds is 5. The number of ether oxygens (including phenoxy) is 1. The number of anilines is 1. The van der Waals surface area contributed by atoms with Crippen LogP contribution in [0.4, 0.5) is 5.69 Å². The Kier molecular flexibility index (Phi) is 6.02. The molecule has 0 aliphatic carbocycles. The van der Waals surface area contributed by atoms with Gasteiger partial charge in [0.1, 0.15) is 6.04 Å². The standard InChI is InChI=1S/C22H24N2O6S/c1-22(2,3)24(31(28,29)17-8-6-5-7-9-17)18-14-19(25)23(20(18)26)16-12-10-15(11-13-16)21(27)30-4/h5-13,18H,14H2,1-4H3. The normalized spacial score (nSPS) is 17.3. The van der Waals surface area contributed by atoms with Crippen molar-refractivity contribution >= 4 is 33.5 Å². The van der Waals surface area contributed by atoms with Gasteiger partial charge in [-0.25, -0.2) is 18.1 Å². The number of hydrogen-bond donors (Lipinski definition) is 0. The first kappa shape index (κ1) is 22.6. The summed E-state index contributed by atoms with van der Waals surface area (Å²) in [5, 5.41) is 0. The van der Waals surface area contributed by atoms with Gasteiger partial charge >= 0.3 is 5.97 Å². The van der Waals surface area contributed by atoms with Crippen molar-refractivity contribution in [2.45, 2.75) is 43.7 Å². The predicted octanol–water partition coefficient (Wildman–Crippen LogP) is 2.59. The summed E-state index contributed by atoms with van der Waals surface area (Å²) in [6.07, 6.45) is -0.277. The van der Waals surface area contributed by atoms with Crippen LogP contribution in [0.1, 0.15) is 37.6 Å². The molecule has 2 aromatic carbocycles. The molecule has 1 unspecified atom stereocenters. The molecule has 1 atom stereocenters. The van der Waals surface area contributed by atoms with Crippen molar-refractivity contribution in [3.8, 4) is 0 Å². The number of carbonyl (C=O) groups is 3. The first-order valence-electron chi connectivity index (χ1n) is 9.63. The average molecular weight is 445 g/mol. The van der Waals surface area contributed by atoms with Crippen LogP contribution in [0.5, 0.6) is 0 Å². The highest BCUT2D eigenvalue weighted by atomic mass is 32.2. The van der Waals surface area contributed by atoms with E-state index in [4.69, 9.17) is 0 Å². The lowest BCUT2D eigenvalue weighted by Crippen LogP contribution is -2.54. The van der Waals surface area contributed by atoms with Gasteiger partial charge in [0.25, 0.3) is 5.91 Å². The molecule has 31 heavy (non-hydrogen) atoms. The minimum atomic E-state index is -4.05. The summed E-state index contributed by atoms with van der Waals surface area (Å²) in [7, 11) is -2.80. The van der Waals surface area contributed by atoms with Gasteiger partial charge in [0.05, 0.1) is 29.7 Å². The third-order valence-corrected chi connectivity index (χ3v) is 7.10. The molecule has 1 fully saturated rings. The van der Waals surface area contributed by atoms with Gasteiger partial charge in [0.2, 0.25) is 15.9 Å². The van der Waals surface area contributed by atoms with Crippen LogP contribution < -0.4 is 4.90 Å². The Balaban J connectivity index is 1.99. The Bertz CT molecular complexity index is 1100. The van der Waals surface area contributed by atoms with Gasteiger partial charge in [-0.1, -0.05) is 18.2 Å². The summed E-state index contributed by atoms with van der Waals surface area (Å²) < 4.78 is 32.6. The Hall–Kier alpha value is -3.04. The molecule has 8 nitrogen and oxygen atoms in total. The molecular formula is C22H24N2O6S. The lowest BCUT2D eigenvalue weighted by atomic mass is 10.1. The molecule has 1 aliphatic rings. The number of carbonyl (C=O) groups excluding carboxylic acids is 3. The Morgan fingerprint density at radius 2 is 1.61 bits per heavy atom. The molecule has 0 aromatic heterocycles. The maximum atomic E-state index is 13.4. The van der Waals surface area contributed by atoms with Crippen LogP contribution in [0.2, 0.25) is 0 Å². The van der Waals surface area contributed by atoms with Gasteiger partial charge in [-0.15, -0.1) is 0 Å². The zero-order valence-electron chi connectivity index (χ0n) is 17.7. The fraction of sp³-hybridized carbons (Fsp3) is 0.318. The van der Waals surface area contributed by atoms with Crippen molar-refractivity contribution in [3.63, 3.8) is 0 Å². The van der Waals surface area contributed by atoms with E-state index in [0.717, 1.165) is 9.21 Å². The summed E-state index contributed by atoms with van der Waals surface area (Å²) in [6, 6.07) is 12.4. The Labute approximate surface area is 181 Å². The number of sulfonamides is 1. The topological polar surface area (TPSA) is 101 Å². The van der Waals surface area contributed by atoms with E-state index >= 15 is 0 Å². The van der Waals surface area contributed by atoms with Crippen LogP contribution in [-0.2, 0) is 24.3 Å². The molecule has 9 heteroatoms. The first-order chi connectivity index (χ1) is 14.5. The van der Waals surface area contributed by atoms with Crippen molar-refractivity contribution in [1.82, 2.24) is 4.31 Å². The van der Waals surface area contributed by atoms with E-state index in [1.165, 1.54) is 43.5 Å². The highest BCUT2D eigenvalue weighted by Gasteiger charge is 2.50. The maximum absolute atomic E-state index is 13.4.